The first kappa shape index (κ1) is 34.5. The quantitative estimate of drug-likeness (QED) is 0.169. The smallest absolute Gasteiger partial charge is 0 e. The normalized spacial score (nSPS) is 10.2. The first-order valence-corrected chi connectivity index (χ1v) is 11.9. The van der Waals surface area contributed by atoms with E-state index in [0.29, 0.717) is 16.6 Å². The number of ether oxygens (including phenoxy) is 1. The van der Waals surface area contributed by atoms with Gasteiger partial charge in [0.2, 0.25) is 0 Å². The number of hydrogen-bond donors (Lipinski definition) is 0. The molecule has 0 bridgehead atoms. The van der Waals surface area contributed by atoms with E-state index in [4.69, 9.17) is 18.7 Å². The van der Waals surface area contributed by atoms with Gasteiger partial charge in [0, 0.05) is 34.3 Å². The molecule has 0 aliphatic carbocycles. The minimum Gasteiger partial charge on any atom is 0 e. The fourth-order valence-electron chi connectivity index (χ4n) is 4.73. The zero-order valence-corrected chi connectivity index (χ0v) is 21.9. The third-order valence-corrected chi connectivity index (χ3v) is 12.3. The molecular weight excluding hydrogens is 462 g/mol. The summed E-state index contributed by atoms with van der Waals surface area (Å²) < 4.78 is 29.8. The monoisotopic (exact) mass is 493 g/mol. The van der Waals surface area contributed by atoms with Gasteiger partial charge >= 0.3 is 39.9 Å². The van der Waals surface area contributed by atoms with Crippen LogP contribution in [0.1, 0.15) is 47.1 Å². The largest absolute Gasteiger partial charge is 0 e. The van der Waals surface area contributed by atoms with Crippen LogP contribution in [-0.4, -0.2) is 25.5 Å². The second-order valence-electron chi connectivity index (χ2n) is 7.67. The summed E-state index contributed by atoms with van der Waals surface area (Å²) in [5.74, 6) is -0.327. The van der Waals surface area contributed by atoms with E-state index in [2.05, 4.69) is 96.2 Å². The number of aromatic nitrogens is 1. The summed E-state index contributed by atoms with van der Waals surface area (Å²) in [6, 6.07) is 8.53. The minimum atomic E-state index is -1.79. The Morgan fingerprint density at radius 3 is 1.81 bits per heavy atom. The zero-order chi connectivity index (χ0) is 24.8. The van der Waals surface area contributed by atoms with Crippen LogP contribution >= 0.6 is 0 Å². The molecule has 0 spiro atoms. The molecule has 1 aromatic heterocycles. The molecule has 0 unspecified atom stereocenters. The van der Waals surface area contributed by atoms with Gasteiger partial charge in [0.25, 0.3) is 0 Å². The molecule has 0 amide bonds. The number of nitrogens with zero attached hydrogens (tertiary/aromatic N) is 1. The van der Waals surface area contributed by atoms with E-state index in [1.165, 1.54) is 24.1 Å². The van der Waals surface area contributed by atoms with Gasteiger partial charge in [0.15, 0.2) is 8.24 Å². The minimum absolute atomic E-state index is 0. The van der Waals surface area contributed by atoms with Crippen LogP contribution in [0, 0.1) is 20.0 Å². The van der Waals surface area contributed by atoms with Crippen molar-refractivity contribution in [3.05, 3.63) is 62.1 Å². The number of methoxy groups -OCH3 is 1. The standard InChI is InChI=1S/C21H31NO2Si.3CO.Cr/c1-15(2)25(16(3)4,17(5)6)22-14-13-19-18(9-8-10-20(19)22)11-12-21(23)24-7;3*1-2;/h8-17H,1-7H3;;;;/b12-11+;;;;. The molecule has 0 aliphatic heterocycles. The third-order valence-electron chi connectivity index (χ3n) is 5.56. The Morgan fingerprint density at radius 1 is 0.938 bits per heavy atom. The van der Waals surface area contributed by atoms with Gasteiger partial charge in [0.1, 0.15) is 0 Å². The summed E-state index contributed by atoms with van der Waals surface area (Å²) in [4.78, 5) is 11.4. The van der Waals surface area contributed by atoms with Gasteiger partial charge < -0.3 is 8.97 Å². The van der Waals surface area contributed by atoms with E-state index in [1.54, 1.807) is 0 Å². The van der Waals surface area contributed by atoms with Crippen molar-refractivity contribution in [2.45, 2.75) is 58.2 Å². The molecule has 8 heteroatoms. The second-order valence-corrected chi connectivity index (χ2v) is 13.4. The van der Waals surface area contributed by atoms with E-state index in [-0.39, 0.29) is 23.3 Å². The Labute approximate surface area is 203 Å². The van der Waals surface area contributed by atoms with E-state index < -0.39 is 8.24 Å². The fourth-order valence-corrected chi connectivity index (χ4v) is 11.3. The Morgan fingerprint density at radius 2 is 1.41 bits per heavy atom. The Kier molecular flexibility index (Phi) is 18.9. The number of carbonyl (C=O) groups excluding carboxylic acids is 1. The van der Waals surface area contributed by atoms with Gasteiger partial charge in [-0.1, -0.05) is 53.7 Å². The van der Waals surface area contributed by atoms with Crippen LogP contribution in [0.15, 0.2) is 36.5 Å². The fraction of sp³-hybridized carbons (Fsp3) is 0.417. The molecule has 6 nitrogen and oxygen atoms in total. The van der Waals surface area contributed by atoms with Gasteiger partial charge in [-0.3, -0.25) is 0 Å². The van der Waals surface area contributed by atoms with Gasteiger partial charge in [0.05, 0.1) is 7.11 Å². The van der Waals surface area contributed by atoms with Crippen molar-refractivity contribution in [2.24, 2.45) is 0 Å². The topological polar surface area (TPSA) is 90.9 Å². The van der Waals surface area contributed by atoms with E-state index in [1.807, 2.05) is 6.08 Å². The van der Waals surface area contributed by atoms with Crippen molar-refractivity contribution < 1.29 is 40.8 Å². The maximum absolute atomic E-state index is 11.4. The molecule has 0 radical (unpaired) electrons. The van der Waals surface area contributed by atoms with Crippen LogP contribution in [-0.2, 0) is 40.8 Å². The summed E-state index contributed by atoms with van der Waals surface area (Å²) in [6.45, 7) is 27.7. The summed E-state index contributed by atoms with van der Waals surface area (Å²) in [7, 11) is -0.389. The van der Waals surface area contributed by atoms with Crippen LogP contribution in [0.4, 0.5) is 0 Å². The summed E-state index contributed by atoms with van der Waals surface area (Å²) >= 11 is 0. The number of fused-ring (bicyclic) bond motifs is 1. The Bertz CT molecular complexity index is 874. The molecule has 2 aromatic rings. The molecule has 0 aliphatic rings. The van der Waals surface area contributed by atoms with Crippen molar-refractivity contribution in [3.63, 3.8) is 0 Å². The van der Waals surface area contributed by atoms with Crippen LogP contribution in [0.2, 0.25) is 16.6 Å². The Balaban J connectivity index is -0.00000111. The summed E-state index contributed by atoms with van der Waals surface area (Å²) in [6.07, 6.45) is 5.61. The molecule has 32 heavy (non-hydrogen) atoms. The van der Waals surface area contributed by atoms with Gasteiger partial charge in [-0.15, -0.1) is 0 Å². The average molecular weight is 494 g/mol. The van der Waals surface area contributed by atoms with Gasteiger partial charge in [-0.25, -0.2) is 4.79 Å². The van der Waals surface area contributed by atoms with Crippen LogP contribution in [0.3, 0.4) is 0 Å². The molecule has 172 valence electrons. The number of hydrogen-bond acceptors (Lipinski definition) is 2. The van der Waals surface area contributed by atoms with Crippen molar-refractivity contribution in [2.75, 3.05) is 7.11 Å². The average Bonchev–Trinajstić information content (AvgIpc) is 3.20. The molecule has 0 N–H and O–H groups in total. The number of carbonyl (C=O) groups is 1. The SMILES string of the molecule is COC(=O)/C=C/c1cccc2c1ccn2[Si](C(C)C)(C(C)C)C(C)C.[C-]#[O+].[C-]#[O+].[C-]#[O+].[Cr]. The second kappa shape index (κ2) is 17.5. The zero-order valence-electron chi connectivity index (χ0n) is 19.7. The van der Waals surface area contributed by atoms with Crippen LogP contribution in [0.5, 0.6) is 0 Å². The molecule has 0 saturated carbocycles. The van der Waals surface area contributed by atoms with Gasteiger partial charge in [-0.05, 0) is 46.6 Å². The molecule has 1 aromatic carbocycles. The summed E-state index contributed by atoms with van der Waals surface area (Å²) in [5, 5.41) is 1.20. The number of esters is 1. The van der Waals surface area contributed by atoms with E-state index in [0.717, 1.165) is 5.56 Å². The molecular formula is C24H31CrNO5Si. The molecule has 1 heterocycles. The van der Waals surface area contributed by atoms with Gasteiger partial charge in [-0.2, -0.15) is 0 Å². The van der Waals surface area contributed by atoms with Crippen LogP contribution in [0.25, 0.3) is 17.0 Å². The first-order chi connectivity index (χ1) is 14.8. The van der Waals surface area contributed by atoms with Crippen molar-refractivity contribution in [3.8, 4) is 0 Å². The van der Waals surface area contributed by atoms with E-state index in [9.17, 15) is 4.79 Å². The predicted molar refractivity (Wildman–Crippen MR) is 121 cm³/mol. The maximum Gasteiger partial charge on any atom is 0 e. The Hall–Kier alpha value is -2.06. The van der Waals surface area contributed by atoms with Crippen molar-refractivity contribution in [1.29, 1.82) is 0 Å². The third kappa shape index (κ3) is 7.52. The molecule has 2 rings (SSSR count). The number of benzene rings is 1. The first-order valence-electron chi connectivity index (χ1n) is 9.74. The molecule has 0 atom stereocenters. The van der Waals surface area contributed by atoms with Crippen molar-refractivity contribution >= 4 is 31.2 Å². The maximum atomic E-state index is 11.4. The van der Waals surface area contributed by atoms with E-state index >= 15 is 0 Å². The summed E-state index contributed by atoms with van der Waals surface area (Å²) in [5.41, 5.74) is 4.24. The van der Waals surface area contributed by atoms with Crippen molar-refractivity contribution in [1.82, 2.24) is 4.23 Å². The van der Waals surface area contributed by atoms with Crippen LogP contribution < -0.4 is 0 Å². The number of rotatable bonds is 6. The molecule has 0 fully saturated rings. The predicted octanol–water partition coefficient (Wildman–Crippen LogP) is 5.74. The molecule has 0 saturated heterocycles.